The molecule has 1 N–H and O–H groups in total. The lowest BCUT2D eigenvalue weighted by molar-refractivity contribution is -0.0626. The molecule has 0 saturated carbocycles. The van der Waals surface area contributed by atoms with Crippen molar-refractivity contribution in [2.24, 2.45) is 7.05 Å². The van der Waals surface area contributed by atoms with Crippen LogP contribution in [-0.2, 0) is 24.6 Å². The lowest BCUT2D eigenvalue weighted by atomic mass is 9.96. The molecule has 3 heterocycles. The highest BCUT2D eigenvalue weighted by Gasteiger charge is 2.34. The molecule has 26 heavy (non-hydrogen) atoms. The van der Waals surface area contributed by atoms with Crippen LogP contribution in [0.25, 0.3) is 0 Å². The van der Waals surface area contributed by atoms with Gasteiger partial charge < -0.3 is 19.1 Å². The summed E-state index contributed by atoms with van der Waals surface area (Å²) in [6, 6.07) is 0.0442. The Morgan fingerprint density at radius 2 is 2.19 bits per heavy atom. The second kappa shape index (κ2) is 7.20. The predicted octanol–water partition coefficient (Wildman–Crippen LogP) is 1.09. The Bertz CT molecular complexity index is 784. The van der Waals surface area contributed by atoms with Crippen molar-refractivity contribution in [3.8, 4) is 0 Å². The molecule has 2 atom stereocenters. The molecule has 0 aromatic carbocycles. The summed E-state index contributed by atoms with van der Waals surface area (Å²) >= 11 is 0. The zero-order chi connectivity index (χ0) is 18.1. The second-order valence-electron chi connectivity index (χ2n) is 7.11. The highest BCUT2D eigenvalue weighted by molar-refractivity contribution is 5.93. The van der Waals surface area contributed by atoms with Crippen LogP contribution in [-0.4, -0.2) is 58.4 Å². The SMILES string of the molecule is CN1CCO[C@@H](CNC(=O)c2noc3c2CCCC3)[C@@H]1c1cncn1C. The van der Waals surface area contributed by atoms with E-state index in [1.807, 2.05) is 17.8 Å². The fourth-order valence-corrected chi connectivity index (χ4v) is 3.94. The van der Waals surface area contributed by atoms with Crippen LogP contribution < -0.4 is 5.32 Å². The first-order valence-corrected chi connectivity index (χ1v) is 9.19. The minimum absolute atomic E-state index is 0.0442. The van der Waals surface area contributed by atoms with Crippen LogP contribution in [0.2, 0.25) is 0 Å². The average Bonchev–Trinajstić information content (AvgIpc) is 3.26. The average molecular weight is 359 g/mol. The highest BCUT2D eigenvalue weighted by atomic mass is 16.5. The molecule has 0 radical (unpaired) electrons. The molecule has 140 valence electrons. The summed E-state index contributed by atoms with van der Waals surface area (Å²) < 4.78 is 13.3. The van der Waals surface area contributed by atoms with Gasteiger partial charge in [0, 0.05) is 38.3 Å². The molecule has 0 unspecified atom stereocenters. The maximum atomic E-state index is 12.6. The third kappa shape index (κ3) is 3.14. The Balaban J connectivity index is 1.46. The number of imidazole rings is 1. The van der Waals surface area contributed by atoms with E-state index in [0.29, 0.717) is 18.8 Å². The number of carbonyl (C=O) groups is 1. The smallest absolute Gasteiger partial charge is 0.273 e. The van der Waals surface area contributed by atoms with E-state index >= 15 is 0 Å². The Hall–Kier alpha value is -2.19. The zero-order valence-electron chi connectivity index (χ0n) is 15.3. The second-order valence-corrected chi connectivity index (χ2v) is 7.11. The first-order valence-electron chi connectivity index (χ1n) is 9.19. The Morgan fingerprint density at radius 3 is 3.00 bits per heavy atom. The summed E-state index contributed by atoms with van der Waals surface area (Å²) in [5.74, 6) is 0.681. The largest absolute Gasteiger partial charge is 0.373 e. The number of nitrogens with zero attached hydrogens (tertiary/aromatic N) is 4. The van der Waals surface area contributed by atoms with Crippen molar-refractivity contribution >= 4 is 5.91 Å². The van der Waals surface area contributed by atoms with E-state index in [4.69, 9.17) is 9.26 Å². The number of carbonyl (C=O) groups excluding carboxylic acids is 1. The summed E-state index contributed by atoms with van der Waals surface area (Å²) in [5, 5.41) is 7.00. The van der Waals surface area contributed by atoms with Crippen molar-refractivity contribution in [2.45, 2.75) is 37.8 Å². The lowest BCUT2D eigenvalue weighted by Gasteiger charge is -2.39. The highest BCUT2D eigenvalue weighted by Crippen LogP contribution is 2.28. The number of fused-ring (bicyclic) bond motifs is 1. The van der Waals surface area contributed by atoms with Gasteiger partial charge in [0.2, 0.25) is 0 Å². The molecule has 8 heteroatoms. The molecular weight excluding hydrogens is 334 g/mol. The molecule has 1 aliphatic carbocycles. The van der Waals surface area contributed by atoms with Gasteiger partial charge in [-0.1, -0.05) is 5.16 Å². The number of aromatic nitrogens is 3. The third-order valence-corrected chi connectivity index (χ3v) is 5.39. The Kier molecular flexibility index (Phi) is 4.78. The number of hydrogen-bond acceptors (Lipinski definition) is 6. The van der Waals surface area contributed by atoms with Crippen molar-refractivity contribution in [1.29, 1.82) is 0 Å². The summed E-state index contributed by atoms with van der Waals surface area (Å²) in [7, 11) is 4.05. The molecule has 1 saturated heterocycles. The van der Waals surface area contributed by atoms with Crippen LogP contribution in [0.5, 0.6) is 0 Å². The van der Waals surface area contributed by atoms with Crippen LogP contribution >= 0.6 is 0 Å². The number of hydrogen-bond donors (Lipinski definition) is 1. The van der Waals surface area contributed by atoms with E-state index in [-0.39, 0.29) is 18.1 Å². The molecule has 4 rings (SSSR count). The van der Waals surface area contributed by atoms with Gasteiger partial charge in [0.05, 0.1) is 30.8 Å². The van der Waals surface area contributed by atoms with Gasteiger partial charge >= 0.3 is 0 Å². The minimum atomic E-state index is -0.183. The maximum absolute atomic E-state index is 12.6. The predicted molar refractivity (Wildman–Crippen MR) is 93.8 cm³/mol. The maximum Gasteiger partial charge on any atom is 0.273 e. The topological polar surface area (TPSA) is 85.4 Å². The summed E-state index contributed by atoms with van der Waals surface area (Å²) in [6.07, 6.45) is 7.41. The number of morpholine rings is 1. The van der Waals surface area contributed by atoms with E-state index in [1.54, 1.807) is 6.33 Å². The molecule has 1 aliphatic heterocycles. The normalized spacial score (nSPS) is 23.6. The van der Waals surface area contributed by atoms with Crippen molar-refractivity contribution in [1.82, 2.24) is 24.9 Å². The molecule has 8 nitrogen and oxygen atoms in total. The van der Waals surface area contributed by atoms with Gasteiger partial charge in [0.25, 0.3) is 5.91 Å². The Labute approximate surface area is 152 Å². The van der Waals surface area contributed by atoms with E-state index in [0.717, 1.165) is 49.2 Å². The van der Waals surface area contributed by atoms with Crippen LogP contribution in [0.4, 0.5) is 0 Å². The molecule has 2 aromatic heterocycles. The fraction of sp³-hybridized carbons (Fsp3) is 0.611. The molecule has 2 aromatic rings. The van der Waals surface area contributed by atoms with Gasteiger partial charge in [-0.2, -0.15) is 0 Å². The quantitative estimate of drug-likeness (QED) is 0.880. The number of rotatable bonds is 4. The number of aryl methyl sites for hydroxylation is 2. The van der Waals surface area contributed by atoms with Crippen LogP contribution in [0, 0.1) is 0 Å². The number of nitrogens with one attached hydrogen (secondary N) is 1. The van der Waals surface area contributed by atoms with E-state index in [9.17, 15) is 4.79 Å². The fourth-order valence-electron chi connectivity index (χ4n) is 3.94. The standard InChI is InChI=1S/C18H25N5O3/c1-22-7-8-25-15(17(22)13-9-19-11-23(13)2)10-20-18(24)16-12-5-3-4-6-14(12)26-21-16/h9,11,15,17H,3-8,10H2,1-2H3,(H,20,24)/t15-,17-/m0/s1. The zero-order valence-corrected chi connectivity index (χ0v) is 15.3. The molecule has 1 amide bonds. The van der Waals surface area contributed by atoms with Gasteiger partial charge in [-0.15, -0.1) is 0 Å². The summed E-state index contributed by atoms with van der Waals surface area (Å²) in [5.41, 5.74) is 2.48. The van der Waals surface area contributed by atoms with E-state index in [1.165, 1.54) is 0 Å². The molecule has 2 aliphatic rings. The van der Waals surface area contributed by atoms with Crippen LogP contribution in [0.1, 0.15) is 46.4 Å². The van der Waals surface area contributed by atoms with Crippen LogP contribution in [0.3, 0.4) is 0 Å². The van der Waals surface area contributed by atoms with Gasteiger partial charge in [-0.05, 0) is 26.3 Å². The Morgan fingerprint density at radius 1 is 1.35 bits per heavy atom. The lowest BCUT2D eigenvalue weighted by Crippen LogP contribution is -2.48. The summed E-state index contributed by atoms with van der Waals surface area (Å²) in [6.45, 7) is 1.91. The third-order valence-electron chi connectivity index (χ3n) is 5.39. The minimum Gasteiger partial charge on any atom is -0.373 e. The van der Waals surface area contributed by atoms with Crippen LogP contribution in [0.15, 0.2) is 17.0 Å². The number of likely N-dealkylation sites (N-methyl/N-ethyl adjacent to an activating group) is 1. The monoisotopic (exact) mass is 359 g/mol. The molecule has 0 spiro atoms. The van der Waals surface area contributed by atoms with Crippen molar-refractivity contribution in [3.63, 3.8) is 0 Å². The molecule has 0 bridgehead atoms. The first-order chi connectivity index (χ1) is 12.6. The first kappa shape index (κ1) is 17.2. The van der Waals surface area contributed by atoms with E-state index in [2.05, 4.69) is 27.4 Å². The van der Waals surface area contributed by atoms with Gasteiger partial charge in [-0.3, -0.25) is 9.69 Å². The molecular formula is C18H25N5O3. The molecule has 1 fully saturated rings. The van der Waals surface area contributed by atoms with Gasteiger partial charge in [-0.25, -0.2) is 4.98 Å². The van der Waals surface area contributed by atoms with Crippen molar-refractivity contribution in [2.75, 3.05) is 26.7 Å². The van der Waals surface area contributed by atoms with Crippen molar-refractivity contribution < 1.29 is 14.1 Å². The van der Waals surface area contributed by atoms with E-state index < -0.39 is 0 Å². The summed E-state index contributed by atoms with van der Waals surface area (Å²) in [4.78, 5) is 19.1. The van der Waals surface area contributed by atoms with Gasteiger partial charge in [0.1, 0.15) is 5.76 Å². The number of ether oxygens (including phenoxy) is 1. The van der Waals surface area contributed by atoms with Crippen molar-refractivity contribution in [3.05, 3.63) is 35.2 Å². The van der Waals surface area contributed by atoms with Gasteiger partial charge in [0.15, 0.2) is 5.69 Å². The number of amides is 1.